The van der Waals surface area contributed by atoms with E-state index in [4.69, 9.17) is 10.5 Å². The zero-order chi connectivity index (χ0) is 12.1. The maximum absolute atomic E-state index is 5.91. The summed E-state index contributed by atoms with van der Waals surface area (Å²) < 4.78 is 5.18. The van der Waals surface area contributed by atoms with E-state index < -0.39 is 0 Å². The molecule has 0 saturated heterocycles. The molecule has 0 radical (unpaired) electrons. The summed E-state index contributed by atoms with van der Waals surface area (Å²) in [6.07, 6.45) is 1.80. The van der Waals surface area contributed by atoms with Gasteiger partial charge in [-0.25, -0.2) is 0 Å². The highest BCUT2D eigenvalue weighted by Crippen LogP contribution is 2.30. The number of pyridine rings is 1. The Labute approximate surface area is 105 Å². The zero-order valence-corrected chi connectivity index (χ0v) is 10.4. The van der Waals surface area contributed by atoms with E-state index in [2.05, 4.69) is 4.98 Å². The van der Waals surface area contributed by atoms with Crippen molar-refractivity contribution in [2.75, 3.05) is 12.8 Å². The van der Waals surface area contributed by atoms with E-state index in [1.807, 2.05) is 36.4 Å². The molecule has 0 amide bonds. The Balaban J connectivity index is 2.08. The van der Waals surface area contributed by atoms with Crippen molar-refractivity contribution in [2.45, 2.75) is 10.6 Å². The largest absolute Gasteiger partial charge is 0.497 e. The standard InChI is InChI=1S/C13H14N2OS/c1-16-11-5-6-12(14)13(8-11)17-9-10-4-2-3-7-15-10/h2-8H,9,14H2,1H3. The molecule has 1 aromatic heterocycles. The molecular formula is C13H14N2OS. The van der Waals surface area contributed by atoms with Gasteiger partial charge in [0.1, 0.15) is 5.75 Å². The number of nitrogens with two attached hydrogens (primary N) is 1. The van der Waals surface area contributed by atoms with Crippen LogP contribution in [0.1, 0.15) is 5.69 Å². The van der Waals surface area contributed by atoms with Gasteiger partial charge in [0.25, 0.3) is 0 Å². The summed E-state index contributed by atoms with van der Waals surface area (Å²) in [7, 11) is 1.65. The van der Waals surface area contributed by atoms with Crippen LogP contribution in [0.15, 0.2) is 47.5 Å². The lowest BCUT2D eigenvalue weighted by atomic mass is 10.3. The molecule has 0 bridgehead atoms. The van der Waals surface area contributed by atoms with Crippen LogP contribution in [0.25, 0.3) is 0 Å². The number of aromatic nitrogens is 1. The van der Waals surface area contributed by atoms with Crippen LogP contribution in [0.4, 0.5) is 5.69 Å². The Morgan fingerprint density at radius 1 is 1.29 bits per heavy atom. The van der Waals surface area contributed by atoms with Gasteiger partial charge in [0.15, 0.2) is 0 Å². The lowest BCUT2D eigenvalue weighted by molar-refractivity contribution is 0.414. The number of hydrogen-bond donors (Lipinski definition) is 1. The number of ether oxygens (including phenoxy) is 1. The lowest BCUT2D eigenvalue weighted by Gasteiger charge is -2.07. The molecule has 2 N–H and O–H groups in total. The van der Waals surface area contributed by atoms with E-state index in [-0.39, 0.29) is 0 Å². The highest BCUT2D eigenvalue weighted by molar-refractivity contribution is 7.98. The van der Waals surface area contributed by atoms with Crippen molar-refractivity contribution in [1.29, 1.82) is 0 Å². The summed E-state index contributed by atoms with van der Waals surface area (Å²) >= 11 is 1.66. The van der Waals surface area contributed by atoms with Gasteiger partial charge in [0, 0.05) is 22.5 Å². The van der Waals surface area contributed by atoms with Gasteiger partial charge in [-0.05, 0) is 30.3 Å². The number of nitrogens with zero attached hydrogens (tertiary/aromatic N) is 1. The molecular weight excluding hydrogens is 232 g/mol. The quantitative estimate of drug-likeness (QED) is 0.665. The second-order valence-corrected chi connectivity index (χ2v) is 4.53. The van der Waals surface area contributed by atoms with E-state index in [1.165, 1.54) is 0 Å². The monoisotopic (exact) mass is 246 g/mol. The number of benzene rings is 1. The van der Waals surface area contributed by atoms with Crippen LogP contribution < -0.4 is 10.5 Å². The maximum atomic E-state index is 5.91. The normalized spacial score (nSPS) is 10.2. The van der Waals surface area contributed by atoms with Crippen molar-refractivity contribution in [2.24, 2.45) is 0 Å². The third-order valence-corrected chi connectivity index (χ3v) is 3.43. The fourth-order valence-electron chi connectivity index (χ4n) is 1.40. The van der Waals surface area contributed by atoms with E-state index in [1.54, 1.807) is 25.1 Å². The average Bonchev–Trinajstić information content (AvgIpc) is 2.39. The van der Waals surface area contributed by atoms with Gasteiger partial charge in [-0.2, -0.15) is 0 Å². The topological polar surface area (TPSA) is 48.1 Å². The first-order valence-electron chi connectivity index (χ1n) is 5.26. The van der Waals surface area contributed by atoms with Crippen LogP contribution >= 0.6 is 11.8 Å². The zero-order valence-electron chi connectivity index (χ0n) is 9.59. The highest BCUT2D eigenvalue weighted by atomic mass is 32.2. The minimum absolute atomic E-state index is 0.770. The molecule has 2 rings (SSSR count). The minimum atomic E-state index is 0.770. The molecule has 0 unspecified atom stereocenters. The van der Waals surface area contributed by atoms with Gasteiger partial charge >= 0.3 is 0 Å². The summed E-state index contributed by atoms with van der Waals surface area (Å²) in [6.45, 7) is 0. The Kier molecular flexibility index (Phi) is 3.88. The predicted octanol–water partition coefficient (Wildman–Crippen LogP) is 2.96. The fraction of sp³-hybridized carbons (Fsp3) is 0.154. The molecule has 0 aliphatic rings. The number of methoxy groups -OCH3 is 1. The molecule has 4 heteroatoms. The van der Waals surface area contributed by atoms with Crippen LogP contribution in [0, 0.1) is 0 Å². The molecule has 3 nitrogen and oxygen atoms in total. The van der Waals surface area contributed by atoms with Gasteiger partial charge in [-0.3, -0.25) is 4.98 Å². The number of nitrogen functional groups attached to an aromatic ring is 1. The molecule has 1 heterocycles. The number of thioether (sulfide) groups is 1. The summed E-state index contributed by atoms with van der Waals surface area (Å²) in [6, 6.07) is 11.6. The maximum Gasteiger partial charge on any atom is 0.120 e. The van der Waals surface area contributed by atoms with Crippen LogP contribution in [-0.2, 0) is 5.75 Å². The smallest absolute Gasteiger partial charge is 0.120 e. The van der Waals surface area contributed by atoms with Crippen molar-refractivity contribution in [3.8, 4) is 5.75 Å². The van der Waals surface area contributed by atoms with Crippen molar-refractivity contribution in [1.82, 2.24) is 4.98 Å². The molecule has 0 saturated carbocycles. The van der Waals surface area contributed by atoms with E-state index in [0.717, 1.165) is 27.8 Å². The predicted molar refractivity (Wildman–Crippen MR) is 71.2 cm³/mol. The van der Waals surface area contributed by atoms with Crippen molar-refractivity contribution >= 4 is 17.4 Å². The van der Waals surface area contributed by atoms with Gasteiger partial charge < -0.3 is 10.5 Å². The molecule has 0 fully saturated rings. The SMILES string of the molecule is COc1ccc(N)c(SCc2ccccn2)c1. The first kappa shape index (κ1) is 11.8. The molecule has 0 aliphatic heterocycles. The molecule has 0 spiro atoms. The Bertz CT molecular complexity index is 488. The third-order valence-electron chi connectivity index (χ3n) is 2.32. The Hall–Kier alpha value is -1.68. The van der Waals surface area contributed by atoms with Crippen LogP contribution in [0.5, 0.6) is 5.75 Å². The first-order valence-corrected chi connectivity index (χ1v) is 6.24. The van der Waals surface area contributed by atoms with Crippen LogP contribution in [-0.4, -0.2) is 12.1 Å². The summed E-state index contributed by atoms with van der Waals surface area (Å²) in [5.41, 5.74) is 7.72. The molecule has 1 aromatic carbocycles. The number of hydrogen-bond acceptors (Lipinski definition) is 4. The van der Waals surface area contributed by atoms with Crippen molar-refractivity contribution < 1.29 is 4.74 Å². The highest BCUT2D eigenvalue weighted by Gasteiger charge is 2.03. The van der Waals surface area contributed by atoms with E-state index in [9.17, 15) is 0 Å². The van der Waals surface area contributed by atoms with Gasteiger partial charge in [-0.15, -0.1) is 11.8 Å². The second-order valence-electron chi connectivity index (χ2n) is 3.51. The first-order chi connectivity index (χ1) is 8.29. The van der Waals surface area contributed by atoms with Crippen LogP contribution in [0.2, 0.25) is 0 Å². The summed E-state index contributed by atoms with van der Waals surface area (Å²) in [4.78, 5) is 5.30. The van der Waals surface area contributed by atoms with E-state index in [0.29, 0.717) is 0 Å². The molecule has 0 aliphatic carbocycles. The summed E-state index contributed by atoms with van der Waals surface area (Å²) in [5.74, 6) is 1.63. The average molecular weight is 246 g/mol. The Morgan fingerprint density at radius 3 is 2.88 bits per heavy atom. The van der Waals surface area contributed by atoms with Crippen molar-refractivity contribution in [3.05, 3.63) is 48.3 Å². The molecule has 88 valence electrons. The fourth-order valence-corrected chi connectivity index (χ4v) is 2.31. The minimum Gasteiger partial charge on any atom is -0.497 e. The molecule has 17 heavy (non-hydrogen) atoms. The van der Waals surface area contributed by atoms with Gasteiger partial charge in [0.2, 0.25) is 0 Å². The van der Waals surface area contributed by atoms with Crippen LogP contribution in [0.3, 0.4) is 0 Å². The Morgan fingerprint density at radius 2 is 2.18 bits per heavy atom. The number of rotatable bonds is 4. The van der Waals surface area contributed by atoms with Gasteiger partial charge in [0.05, 0.1) is 12.8 Å². The summed E-state index contributed by atoms with van der Waals surface area (Å²) in [5, 5.41) is 0. The second kappa shape index (κ2) is 5.59. The lowest BCUT2D eigenvalue weighted by Crippen LogP contribution is -1.91. The molecule has 2 aromatic rings. The van der Waals surface area contributed by atoms with E-state index >= 15 is 0 Å². The van der Waals surface area contributed by atoms with Crippen molar-refractivity contribution in [3.63, 3.8) is 0 Å². The number of anilines is 1. The third kappa shape index (κ3) is 3.14. The van der Waals surface area contributed by atoms with Gasteiger partial charge in [-0.1, -0.05) is 6.07 Å². The molecule has 0 atom stereocenters.